The summed E-state index contributed by atoms with van der Waals surface area (Å²) in [5.41, 5.74) is 3.43. The summed E-state index contributed by atoms with van der Waals surface area (Å²) in [4.78, 5) is 4.32. The first-order chi connectivity index (χ1) is 7.83. The van der Waals surface area contributed by atoms with Gasteiger partial charge in [-0.2, -0.15) is 0 Å². The molecule has 3 heteroatoms. The molecule has 0 spiro atoms. The quantitative estimate of drug-likeness (QED) is 0.604. The van der Waals surface area contributed by atoms with Crippen LogP contribution in [0, 0.1) is 5.82 Å². The predicted octanol–water partition coefficient (Wildman–Crippen LogP) is 3.63. The number of rotatable bonds is 0. The van der Waals surface area contributed by atoms with E-state index in [0.717, 1.165) is 22.6 Å². The summed E-state index contributed by atoms with van der Waals surface area (Å²) in [6, 6.07) is 12.4. The van der Waals surface area contributed by atoms with Gasteiger partial charge < -0.3 is 5.32 Å². The highest BCUT2D eigenvalue weighted by atomic mass is 19.1. The van der Waals surface area contributed by atoms with Crippen molar-refractivity contribution in [3.05, 3.63) is 53.8 Å². The topological polar surface area (TPSA) is 24.4 Å². The van der Waals surface area contributed by atoms with Crippen molar-refractivity contribution in [3.8, 4) is 0 Å². The van der Waals surface area contributed by atoms with Crippen molar-refractivity contribution in [3.63, 3.8) is 0 Å². The van der Waals surface area contributed by atoms with E-state index in [0.29, 0.717) is 0 Å². The lowest BCUT2D eigenvalue weighted by Gasteiger charge is -2.07. The lowest BCUT2D eigenvalue weighted by Crippen LogP contribution is -1.93. The molecule has 1 N–H and O–H groups in total. The van der Waals surface area contributed by atoms with Crippen LogP contribution in [0.5, 0.6) is 0 Å². The number of anilines is 2. The number of aliphatic imine (C=N–C) groups is 1. The molecular weight excluding hydrogens is 203 g/mol. The highest BCUT2D eigenvalue weighted by Crippen LogP contribution is 2.31. The molecule has 0 aromatic heterocycles. The van der Waals surface area contributed by atoms with Crippen molar-refractivity contribution in [2.24, 2.45) is 4.99 Å². The van der Waals surface area contributed by atoms with Gasteiger partial charge in [0.25, 0.3) is 0 Å². The maximum Gasteiger partial charge on any atom is 0.124 e. The van der Waals surface area contributed by atoms with Crippen molar-refractivity contribution < 1.29 is 4.39 Å². The van der Waals surface area contributed by atoms with Crippen LogP contribution >= 0.6 is 0 Å². The average molecular weight is 212 g/mol. The Bertz CT molecular complexity index is 576. The summed E-state index contributed by atoms with van der Waals surface area (Å²) < 4.78 is 13.1. The molecule has 16 heavy (non-hydrogen) atoms. The van der Waals surface area contributed by atoms with Crippen LogP contribution in [0.2, 0.25) is 0 Å². The van der Waals surface area contributed by atoms with Gasteiger partial charge in [0.15, 0.2) is 0 Å². The molecule has 0 saturated carbocycles. The summed E-state index contributed by atoms with van der Waals surface area (Å²) in [6.07, 6.45) is 1.68. The third-order valence-electron chi connectivity index (χ3n) is 2.53. The lowest BCUT2D eigenvalue weighted by molar-refractivity contribution is 0.628. The van der Waals surface area contributed by atoms with Crippen LogP contribution in [0.15, 0.2) is 47.5 Å². The smallest absolute Gasteiger partial charge is 0.124 e. The minimum Gasteiger partial charge on any atom is -0.353 e. The van der Waals surface area contributed by atoms with Gasteiger partial charge in [-0.05, 0) is 30.3 Å². The van der Waals surface area contributed by atoms with Crippen LogP contribution in [-0.2, 0) is 0 Å². The Morgan fingerprint density at radius 3 is 2.81 bits per heavy atom. The molecule has 2 aromatic carbocycles. The Balaban J connectivity index is 2.17. The second-order valence-electron chi connectivity index (χ2n) is 3.63. The van der Waals surface area contributed by atoms with Crippen molar-refractivity contribution in [2.45, 2.75) is 0 Å². The first kappa shape index (κ1) is 9.09. The molecule has 0 saturated heterocycles. The Hall–Kier alpha value is -2.16. The molecule has 2 nitrogen and oxygen atoms in total. The molecule has 2 aromatic rings. The number of halogens is 1. The van der Waals surface area contributed by atoms with E-state index in [2.05, 4.69) is 10.3 Å². The van der Waals surface area contributed by atoms with Gasteiger partial charge in [0, 0.05) is 17.5 Å². The maximum absolute atomic E-state index is 13.1. The highest BCUT2D eigenvalue weighted by Gasteiger charge is 2.08. The number of hydrogen-bond donors (Lipinski definition) is 1. The van der Waals surface area contributed by atoms with Gasteiger partial charge in [-0.25, -0.2) is 4.39 Å². The van der Waals surface area contributed by atoms with E-state index in [-0.39, 0.29) is 5.82 Å². The molecule has 1 aliphatic rings. The van der Waals surface area contributed by atoms with Crippen molar-refractivity contribution >= 4 is 23.3 Å². The van der Waals surface area contributed by atoms with Gasteiger partial charge in [0.1, 0.15) is 5.82 Å². The molecule has 1 aliphatic heterocycles. The summed E-state index contributed by atoms with van der Waals surface area (Å²) >= 11 is 0. The molecule has 3 rings (SSSR count). The first-order valence-electron chi connectivity index (χ1n) is 5.02. The lowest BCUT2D eigenvalue weighted by atomic mass is 10.2. The Labute approximate surface area is 92.5 Å². The van der Waals surface area contributed by atoms with Gasteiger partial charge >= 0.3 is 0 Å². The first-order valence-corrected chi connectivity index (χ1v) is 5.02. The Morgan fingerprint density at radius 2 is 1.88 bits per heavy atom. The fourth-order valence-corrected chi connectivity index (χ4v) is 1.73. The minimum absolute atomic E-state index is 0.252. The van der Waals surface area contributed by atoms with Gasteiger partial charge in [-0.15, -0.1) is 0 Å². The monoisotopic (exact) mass is 212 g/mol. The van der Waals surface area contributed by atoms with Crippen LogP contribution in [0.4, 0.5) is 21.5 Å². The van der Waals surface area contributed by atoms with Crippen LogP contribution in [0.1, 0.15) is 5.56 Å². The summed E-state index contributed by atoms with van der Waals surface area (Å²) in [7, 11) is 0. The van der Waals surface area contributed by atoms with E-state index in [1.807, 2.05) is 24.3 Å². The summed E-state index contributed by atoms with van der Waals surface area (Å²) in [5, 5.41) is 3.24. The second-order valence-corrected chi connectivity index (χ2v) is 3.63. The number of nitrogens with one attached hydrogen (secondary N) is 1. The largest absolute Gasteiger partial charge is 0.353 e. The third-order valence-corrected chi connectivity index (χ3v) is 2.53. The SMILES string of the molecule is Fc1ccc2c(c1)C=Nc1ccccc1N2. The van der Waals surface area contributed by atoms with Crippen LogP contribution in [-0.4, -0.2) is 6.21 Å². The Morgan fingerprint density at radius 1 is 1.00 bits per heavy atom. The fraction of sp³-hybridized carbons (Fsp3) is 0. The molecule has 0 unspecified atom stereocenters. The average Bonchev–Trinajstić information content (AvgIpc) is 2.48. The molecule has 0 amide bonds. The number of fused-ring (bicyclic) bond motifs is 2. The molecule has 78 valence electrons. The molecule has 0 atom stereocenters. The molecule has 0 fully saturated rings. The number of hydrogen-bond acceptors (Lipinski definition) is 2. The van der Waals surface area contributed by atoms with Gasteiger partial charge in [-0.1, -0.05) is 12.1 Å². The molecule has 0 bridgehead atoms. The van der Waals surface area contributed by atoms with Crippen molar-refractivity contribution in [2.75, 3.05) is 5.32 Å². The van der Waals surface area contributed by atoms with Gasteiger partial charge in [0.2, 0.25) is 0 Å². The van der Waals surface area contributed by atoms with E-state index in [1.165, 1.54) is 12.1 Å². The van der Waals surface area contributed by atoms with Crippen LogP contribution in [0.3, 0.4) is 0 Å². The zero-order valence-corrected chi connectivity index (χ0v) is 8.44. The zero-order chi connectivity index (χ0) is 11.0. The Kier molecular flexibility index (Phi) is 1.96. The minimum atomic E-state index is -0.252. The van der Waals surface area contributed by atoms with E-state index in [1.54, 1.807) is 12.3 Å². The molecule has 1 heterocycles. The highest BCUT2D eigenvalue weighted by molar-refractivity contribution is 5.95. The van der Waals surface area contributed by atoms with Crippen molar-refractivity contribution in [1.29, 1.82) is 0 Å². The third kappa shape index (κ3) is 1.46. The number of nitrogens with zero attached hydrogens (tertiary/aromatic N) is 1. The number of para-hydroxylation sites is 2. The standard InChI is InChI=1S/C13H9FN2/c14-10-5-6-11-9(7-10)8-15-12-3-1-2-4-13(12)16-11/h1-8,16H. The summed E-state index contributed by atoms with van der Waals surface area (Å²) in [5.74, 6) is -0.252. The second kappa shape index (κ2) is 3.45. The number of benzene rings is 2. The molecule has 0 aliphatic carbocycles. The maximum atomic E-state index is 13.1. The zero-order valence-electron chi connectivity index (χ0n) is 8.44. The normalized spacial score (nSPS) is 12.3. The van der Waals surface area contributed by atoms with E-state index in [9.17, 15) is 4.39 Å². The van der Waals surface area contributed by atoms with Crippen LogP contribution < -0.4 is 5.32 Å². The van der Waals surface area contributed by atoms with E-state index in [4.69, 9.17) is 0 Å². The predicted molar refractivity (Wildman–Crippen MR) is 63.4 cm³/mol. The van der Waals surface area contributed by atoms with E-state index >= 15 is 0 Å². The van der Waals surface area contributed by atoms with Crippen LogP contribution in [0.25, 0.3) is 0 Å². The van der Waals surface area contributed by atoms with E-state index < -0.39 is 0 Å². The van der Waals surface area contributed by atoms with Gasteiger partial charge in [0.05, 0.1) is 11.4 Å². The fourth-order valence-electron chi connectivity index (χ4n) is 1.73. The van der Waals surface area contributed by atoms with Gasteiger partial charge in [-0.3, -0.25) is 4.99 Å². The summed E-state index contributed by atoms with van der Waals surface area (Å²) in [6.45, 7) is 0. The molecule has 0 radical (unpaired) electrons. The molecular formula is C13H9FN2. The van der Waals surface area contributed by atoms with Crippen molar-refractivity contribution in [1.82, 2.24) is 0 Å².